The predicted octanol–water partition coefficient (Wildman–Crippen LogP) is 5.45. The van der Waals surface area contributed by atoms with Gasteiger partial charge < -0.3 is 4.57 Å². The van der Waals surface area contributed by atoms with Crippen LogP contribution in [-0.2, 0) is 0 Å². The smallest absolute Gasteiger partial charge is 0.285 e. The largest absolute Gasteiger partial charge is 0.308 e. The van der Waals surface area contributed by atoms with Gasteiger partial charge in [0.15, 0.2) is 0 Å². The molecule has 4 aromatic rings. The van der Waals surface area contributed by atoms with Gasteiger partial charge in [-0.25, -0.2) is 0 Å². The van der Waals surface area contributed by atoms with Gasteiger partial charge in [0.25, 0.3) is 5.69 Å². The van der Waals surface area contributed by atoms with E-state index in [2.05, 4.69) is 20.5 Å². The summed E-state index contributed by atoms with van der Waals surface area (Å²) in [4.78, 5) is 10.9. The van der Waals surface area contributed by atoms with Crippen molar-refractivity contribution in [3.63, 3.8) is 0 Å². The van der Waals surface area contributed by atoms with E-state index in [1.54, 1.807) is 6.07 Å². The second-order valence-corrected chi connectivity index (χ2v) is 6.03. The predicted molar refractivity (Wildman–Crippen MR) is 95.1 cm³/mol. The summed E-state index contributed by atoms with van der Waals surface area (Å²) < 4.78 is 2.56. The van der Waals surface area contributed by atoms with E-state index in [0.29, 0.717) is 4.47 Å². The second kappa shape index (κ2) is 5.21. The van der Waals surface area contributed by atoms with Crippen LogP contribution in [0.3, 0.4) is 0 Å². The molecular formula is C18H11BrN2O2. The molecule has 0 atom stereocenters. The van der Waals surface area contributed by atoms with E-state index in [1.807, 2.05) is 60.7 Å². The van der Waals surface area contributed by atoms with Crippen molar-refractivity contribution in [3.05, 3.63) is 81.3 Å². The number of fused-ring (bicyclic) bond motifs is 3. The fourth-order valence-corrected chi connectivity index (χ4v) is 3.66. The maximum absolute atomic E-state index is 11.3. The third-order valence-electron chi connectivity index (χ3n) is 3.97. The Bertz CT molecular complexity index is 1050. The van der Waals surface area contributed by atoms with Crippen LogP contribution in [0.4, 0.5) is 5.69 Å². The minimum atomic E-state index is -0.365. The lowest BCUT2D eigenvalue weighted by atomic mass is 10.1. The van der Waals surface area contributed by atoms with E-state index in [9.17, 15) is 10.1 Å². The Morgan fingerprint density at radius 2 is 1.57 bits per heavy atom. The molecule has 0 radical (unpaired) electrons. The lowest BCUT2D eigenvalue weighted by Crippen LogP contribution is -1.96. The second-order valence-electron chi connectivity index (χ2n) is 5.24. The first-order chi connectivity index (χ1) is 11.2. The van der Waals surface area contributed by atoms with Gasteiger partial charge in [0, 0.05) is 22.5 Å². The van der Waals surface area contributed by atoms with Gasteiger partial charge >= 0.3 is 0 Å². The molecule has 112 valence electrons. The fraction of sp³-hybridized carbons (Fsp3) is 0. The van der Waals surface area contributed by atoms with Crippen LogP contribution in [0.2, 0.25) is 0 Å². The third kappa shape index (κ3) is 2.04. The van der Waals surface area contributed by atoms with Crippen LogP contribution < -0.4 is 0 Å². The number of halogens is 1. The fourth-order valence-electron chi connectivity index (χ4n) is 2.99. The van der Waals surface area contributed by atoms with Crippen LogP contribution in [0.1, 0.15) is 0 Å². The molecule has 0 unspecified atom stereocenters. The molecule has 1 aromatic heterocycles. The van der Waals surface area contributed by atoms with E-state index in [1.165, 1.54) is 0 Å². The summed E-state index contributed by atoms with van der Waals surface area (Å²) in [7, 11) is 0. The van der Waals surface area contributed by atoms with Gasteiger partial charge in [-0.15, -0.1) is 0 Å². The normalized spacial score (nSPS) is 11.2. The molecule has 0 bridgehead atoms. The monoisotopic (exact) mass is 366 g/mol. The molecule has 4 nitrogen and oxygen atoms in total. The van der Waals surface area contributed by atoms with Gasteiger partial charge in [0.05, 0.1) is 16.0 Å². The lowest BCUT2D eigenvalue weighted by molar-refractivity contribution is -0.385. The maximum atomic E-state index is 11.3. The Labute approximate surface area is 140 Å². The van der Waals surface area contributed by atoms with Gasteiger partial charge in [-0.2, -0.15) is 0 Å². The Morgan fingerprint density at radius 1 is 0.870 bits per heavy atom. The summed E-state index contributed by atoms with van der Waals surface area (Å²) in [5, 5.41) is 13.4. The average Bonchev–Trinajstić information content (AvgIpc) is 2.91. The zero-order chi connectivity index (χ0) is 16.0. The minimum absolute atomic E-state index is 0.0671. The first-order valence-electron chi connectivity index (χ1n) is 7.10. The summed E-state index contributed by atoms with van der Waals surface area (Å²) in [6.07, 6.45) is 0. The molecule has 0 aliphatic carbocycles. The first kappa shape index (κ1) is 14.0. The Morgan fingerprint density at radius 3 is 2.30 bits per heavy atom. The zero-order valence-electron chi connectivity index (χ0n) is 11.9. The van der Waals surface area contributed by atoms with Crippen molar-refractivity contribution in [3.8, 4) is 5.69 Å². The Balaban J connectivity index is 2.25. The van der Waals surface area contributed by atoms with E-state index < -0.39 is 0 Å². The van der Waals surface area contributed by atoms with Crippen LogP contribution >= 0.6 is 15.9 Å². The summed E-state index contributed by atoms with van der Waals surface area (Å²) in [5.74, 6) is 0. The van der Waals surface area contributed by atoms with Crippen LogP contribution in [0.5, 0.6) is 0 Å². The van der Waals surface area contributed by atoms with Crippen molar-refractivity contribution < 1.29 is 4.92 Å². The van der Waals surface area contributed by atoms with E-state index in [0.717, 1.165) is 27.5 Å². The van der Waals surface area contributed by atoms with Crippen molar-refractivity contribution in [1.29, 1.82) is 0 Å². The van der Waals surface area contributed by atoms with Crippen molar-refractivity contribution in [1.82, 2.24) is 4.57 Å². The van der Waals surface area contributed by atoms with Crippen molar-refractivity contribution in [2.24, 2.45) is 0 Å². The summed E-state index contributed by atoms with van der Waals surface area (Å²) in [6, 6.07) is 21.3. The number of benzene rings is 3. The summed E-state index contributed by atoms with van der Waals surface area (Å²) in [5.41, 5.74) is 2.87. The van der Waals surface area contributed by atoms with Crippen molar-refractivity contribution in [2.75, 3.05) is 0 Å². The molecule has 23 heavy (non-hydrogen) atoms. The van der Waals surface area contributed by atoms with Crippen LogP contribution in [0.25, 0.3) is 27.5 Å². The quantitative estimate of drug-likeness (QED) is 0.349. The van der Waals surface area contributed by atoms with E-state index in [4.69, 9.17) is 0 Å². The number of hydrogen-bond donors (Lipinski definition) is 0. The minimum Gasteiger partial charge on any atom is -0.308 e. The molecule has 0 saturated carbocycles. The average molecular weight is 367 g/mol. The number of para-hydroxylation sites is 2. The Kier molecular flexibility index (Phi) is 3.16. The molecule has 1 heterocycles. The highest BCUT2D eigenvalue weighted by atomic mass is 79.9. The Hall–Kier alpha value is -2.66. The van der Waals surface area contributed by atoms with E-state index in [-0.39, 0.29) is 10.6 Å². The number of hydrogen-bond acceptors (Lipinski definition) is 2. The SMILES string of the molecule is O=[N+]([O-])c1ccc2c3ccccc3n(-c3ccccc3)c2c1Br. The molecule has 3 aromatic carbocycles. The third-order valence-corrected chi connectivity index (χ3v) is 4.75. The molecule has 0 saturated heterocycles. The number of nitrogens with zero attached hydrogens (tertiary/aromatic N) is 2. The molecule has 0 fully saturated rings. The van der Waals surface area contributed by atoms with Gasteiger partial charge in [-0.05, 0) is 40.2 Å². The summed E-state index contributed by atoms with van der Waals surface area (Å²) in [6.45, 7) is 0. The molecule has 4 rings (SSSR count). The van der Waals surface area contributed by atoms with Crippen molar-refractivity contribution in [2.45, 2.75) is 0 Å². The van der Waals surface area contributed by atoms with Crippen LogP contribution in [0, 0.1) is 10.1 Å². The first-order valence-corrected chi connectivity index (χ1v) is 7.89. The lowest BCUT2D eigenvalue weighted by Gasteiger charge is -2.08. The molecule has 0 aliphatic rings. The van der Waals surface area contributed by atoms with Crippen LogP contribution in [0.15, 0.2) is 71.2 Å². The molecule has 0 amide bonds. The number of rotatable bonds is 2. The number of aromatic nitrogens is 1. The highest BCUT2D eigenvalue weighted by molar-refractivity contribution is 9.10. The van der Waals surface area contributed by atoms with Gasteiger partial charge in [-0.1, -0.05) is 36.4 Å². The highest BCUT2D eigenvalue weighted by Gasteiger charge is 2.21. The summed E-state index contributed by atoms with van der Waals surface area (Å²) >= 11 is 3.45. The van der Waals surface area contributed by atoms with Gasteiger partial charge in [-0.3, -0.25) is 10.1 Å². The van der Waals surface area contributed by atoms with Crippen molar-refractivity contribution >= 4 is 43.4 Å². The highest BCUT2D eigenvalue weighted by Crippen LogP contribution is 2.40. The molecule has 0 aliphatic heterocycles. The molecule has 5 heteroatoms. The molecule has 0 N–H and O–H groups in total. The molecule has 0 spiro atoms. The topological polar surface area (TPSA) is 48.1 Å². The van der Waals surface area contributed by atoms with Gasteiger partial charge in [0.1, 0.15) is 4.47 Å². The standard InChI is InChI=1S/C18H11BrN2O2/c19-17-16(21(22)23)11-10-14-13-8-4-5-9-15(13)20(18(14)17)12-6-2-1-3-7-12/h1-11H. The van der Waals surface area contributed by atoms with Crippen LogP contribution in [-0.4, -0.2) is 9.49 Å². The zero-order valence-corrected chi connectivity index (χ0v) is 13.5. The van der Waals surface area contributed by atoms with E-state index >= 15 is 0 Å². The van der Waals surface area contributed by atoms with Gasteiger partial charge in [0.2, 0.25) is 0 Å². The molecular weight excluding hydrogens is 356 g/mol. The number of nitro benzene ring substituents is 1. The number of nitro groups is 1. The maximum Gasteiger partial charge on any atom is 0.285 e.